The van der Waals surface area contributed by atoms with Crippen LogP contribution in [0.15, 0.2) is 18.3 Å². The van der Waals surface area contributed by atoms with Gasteiger partial charge in [-0.1, -0.05) is 0 Å². The van der Waals surface area contributed by atoms with Gasteiger partial charge in [-0.05, 0) is 37.3 Å². The van der Waals surface area contributed by atoms with Crippen LogP contribution in [0.2, 0.25) is 0 Å². The van der Waals surface area contributed by atoms with Gasteiger partial charge in [-0.3, -0.25) is 4.79 Å². The number of nitrogens with one attached hydrogen (secondary N) is 1. The van der Waals surface area contributed by atoms with E-state index in [0.717, 1.165) is 13.0 Å². The Morgan fingerprint density at radius 2 is 2.28 bits per heavy atom. The third-order valence-corrected chi connectivity index (χ3v) is 3.62. The van der Waals surface area contributed by atoms with Crippen molar-refractivity contribution in [2.24, 2.45) is 5.92 Å². The molecule has 1 amide bonds. The molecule has 2 aliphatic rings. The minimum atomic E-state index is -0.151. The van der Waals surface area contributed by atoms with Crippen LogP contribution in [0.3, 0.4) is 0 Å². The summed E-state index contributed by atoms with van der Waals surface area (Å²) in [4.78, 5) is 16.1. The summed E-state index contributed by atoms with van der Waals surface area (Å²) in [7, 11) is 0. The van der Waals surface area contributed by atoms with E-state index in [1.165, 1.54) is 12.8 Å². The number of aromatic nitrogens is 1. The van der Waals surface area contributed by atoms with Crippen LogP contribution in [0.4, 0.5) is 5.82 Å². The van der Waals surface area contributed by atoms with Gasteiger partial charge in [0.25, 0.3) is 5.91 Å². The molecule has 0 aromatic carbocycles. The largest absolute Gasteiger partial charge is 0.383 e. The van der Waals surface area contributed by atoms with Gasteiger partial charge in [0.1, 0.15) is 5.82 Å². The molecule has 1 saturated heterocycles. The summed E-state index contributed by atoms with van der Waals surface area (Å²) < 4.78 is 5.69. The van der Waals surface area contributed by atoms with Crippen molar-refractivity contribution in [1.29, 1.82) is 0 Å². The number of hydrogen-bond acceptors (Lipinski definition) is 4. The molecule has 1 aliphatic heterocycles. The van der Waals surface area contributed by atoms with Gasteiger partial charge in [-0.25, -0.2) is 4.98 Å². The van der Waals surface area contributed by atoms with E-state index in [-0.39, 0.29) is 23.9 Å². The van der Waals surface area contributed by atoms with E-state index in [1.54, 1.807) is 18.3 Å². The molecule has 1 saturated carbocycles. The molecule has 1 aromatic heterocycles. The molecular weight excluding hydrogens is 230 g/mol. The number of carbonyl (C=O) groups excluding carboxylic acids is 1. The number of rotatable bonds is 3. The minimum absolute atomic E-state index is 0.115. The Hall–Kier alpha value is -1.62. The van der Waals surface area contributed by atoms with Crippen LogP contribution in [0.25, 0.3) is 0 Å². The zero-order valence-electron chi connectivity index (χ0n) is 10.1. The number of hydrogen-bond donors (Lipinski definition) is 2. The fourth-order valence-corrected chi connectivity index (χ4v) is 2.51. The van der Waals surface area contributed by atoms with Gasteiger partial charge in [-0.15, -0.1) is 0 Å². The van der Waals surface area contributed by atoms with E-state index >= 15 is 0 Å². The molecule has 1 aliphatic carbocycles. The first-order valence-corrected chi connectivity index (χ1v) is 6.38. The van der Waals surface area contributed by atoms with Crippen molar-refractivity contribution >= 4 is 11.7 Å². The van der Waals surface area contributed by atoms with E-state index in [4.69, 9.17) is 10.5 Å². The molecule has 2 fully saturated rings. The van der Waals surface area contributed by atoms with Gasteiger partial charge < -0.3 is 15.8 Å². The standard InChI is InChI=1S/C13H17N3O2/c14-12-9(2-1-6-15-12)13(17)16-10-5-7-18-11(10)8-3-4-8/h1-2,6,8,10-11H,3-5,7H2,(H2,14,15)(H,16,17). The number of carbonyl (C=O) groups is 1. The Labute approximate surface area is 106 Å². The van der Waals surface area contributed by atoms with Crippen molar-refractivity contribution in [3.05, 3.63) is 23.9 Å². The Bertz CT molecular complexity index is 459. The summed E-state index contributed by atoms with van der Waals surface area (Å²) in [5.41, 5.74) is 6.14. The summed E-state index contributed by atoms with van der Waals surface area (Å²) in [5, 5.41) is 3.02. The minimum Gasteiger partial charge on any atom is -0.383 e. The van der Waals surface area contributed by atoms with Crippen molar-refractivity contribution in [3.8, 4) is 0 Å². The average molecular weight is 247 g/mol. The lowest BCUT2D eigenvalue weighted by Gasteiger charge is -2.19. The number of anilines is 1. The summed E-state index contributed by atoms with van der Waals surface area (Å²) in [6, 6.07) is 3.53. The highest BCUT2D eigenvalue weighted by atomic mass is 16.5. The highest BCUT2D eigenvalue weighted by molar-refractivity contribution is 5.98. The van der Waals surface area contributed by atoms with Crippen LogP contribution in [0, 0.1) is 5.92 Å². The van der Waals surface area contributed by atoms with Gasteiger partial charge in [-0.2, -0.15) is 0 Å². The predicted molar refractivity (Wildman–Crippen MR) is 67.0 cm³/mol. The van der Waals surface area contributed by atoms with Crippen molar-refractivity contribution in [2.75, 3.05) is 12.3 Å². The zero-order chi connectivity index (χ0) is 12.5. The molecule has 2 unspecified atom stereocenters. The number of nitrogens with zero attached hydrogens (tertiary/aromatic N) is 1. The second kappa shape index (κ2) is 4.57. The van der Waals surface area contributed by atoms with Gasteiger partial charge >= 0.3 is 0 Å². The highest BCUT2D eigenvalue weighted by Crippen LogP contribution is 2.38. The quantitative estimate of drug-likeness (QED) is 0.834. The lowest BCUT2D eigenvalue weighted by molar-refractivity contribution is 0.0730. The lowest BCUT2D eigenvalue weighted by Crippen LogP contribution is -2.41. The molecular formula is C13H17N3O2. The third-order valence-electron chi connectivity index (χ3n) is 3.62. The first-order valence-electron chi connectivity index (χ1n) is 6.38. The second-order valence-electron chi connectivity index (χ2n) is 4.98. The Morgan fingerprint density at radius 3 is 3.00 bits per heavy atom. The van der Waals surface area contributed by atoms with Crippen LogP contribution >= 0.6 is 0 Å². The summed E-state index contributed by atoms with van der Waals surface area (Å²) in [5.74, 6) is 0.752. The second-order valence-corrected chi connectivity index (χ2v) is 4.98. The molecule has 2 heterocycles. The first-order chi connectivity index (χ1) is 8.75. The van der Waals surface area contributed by atoms with Crippen LogP contribution < -0.4 is 11.1 Å². The molecule has 5 heteroatoms. The van der Waals surface area contributed by atoms with Crippen molar-refractivity contribution < 1.29 is 9.53 Å². The molecule has 2 atom stereocenters. The molecule has 1 aromatic rings. The Kier molecular flexibility index (Phi) is 2.91. The number of pyridine rings is 1. The topological polar surface area (TPSA) is 77.2 Å². The number of nitrogen functional groups attached to an aromatic ring is 1. The number of ether oxygens (including phenoxy) is 1. The van der Waals surface area contributed by atoms with Crippen molar-refractivity contribution in [2.45, 2.75) is 31.4 Å². The van der Waals surface area contributed by atoms with E-state index in [2.05, 4.69) is 10.3 Å². The molecule has 3 N–H and O–H groups in total. The Morgan fingerprint density at radius 1 is 1.44 bits per heavy atom. The Balaban J connectivity index is 1.69. The highest BCUT2D eigenvalue weighted by Gasteiger charge is 2.41. The fourth-order valence-electron chi connectivity index (χ4n) is 2.51. The maximum atomic E-state index is 12.1. The number of amides is 1. The van der Waals surface area contributed by atoms with Crippen LogP contribution in [0.5, 0.6) is 0 Å². The van der Waals surface area contributed by atoms with Crippen LogP contribution in [0.1, 0.15) is 29.6 Å². The van der Waals surface area contributed by atoms with E-state index < -0.39 is 0 Å². The van der Waals surface area contributed by atoms with Crippen LogP contribution in [-0.4, -0.2) is 29.6 Å². The summed E-state index contributed by atoms with van der Waals surface area (Å²) in [6.07, 6.45) is 5.08. The average Bonchev–Trinajstić information content (AvgIpc) is 3.11. The van der Waals surface area contributed by atoms with E-state index in [1.807, 2.05) is 0 Å². The maximum absolute atomic E-state index is 12.1. The molecule has 0 bridgehead atoms. The SMILES string of the molecule is Nc1ncccc1C(=O)NC1CCOC1C1CC1. The zero-order valence-corrected chi connectivity index (χ0v) is 10.1. The predicted octanol–water partition coefficient (Wildman–Crippen LogP) is 0.961. The normalized spacial score (nSPS) is 27.1. The van der Waals surface area contributed by atoms with Gasteiger partial charge in [0.05, 0.1) is 17.7 Å². The van der Waals surface area contributed by atoms with E-state index in [9.17, 15) is 4.79 Å². The van der Waals surface area contributed by atoms with E-state index in [0.29, 0.717) is 11.5 Å². The molecule has 96 valence electrons. The molecule has 18 heavy (non-hydrogen) atoms. The van der Waals surface area contributed by atoms with Gasteiger partial charge in [0, 0.05) is 12.8 Å². The van der Waals surface area contributed by atoms with Gasteiger partial charge in [0.2, 0.25) is 0 Å². The summed E-state index contributed by atoms with van der Waals surface area (Å²) in [6.45, 7) is 0.731. The smallest absolute Gasteiger partial charge is 0.255 e. The molecule has 5 nitrogen and oxygen atoms in total. The fraction of sp³-hybridized carbons (Fsp3) is 0.538. The van der Waals surface area contributed by atoms with Crippen molar-refractivity contribution in [3.63, 3.8) is 0 Å². The molecule has 0 radical (unpaired) electrons. The first kappa shape index (κ1) is 11.5. The maximum Gasteiger partial charge on any atom is 0.255 e. The molecule has 3 rings (SSSR count). The van der Waals surface area contributed by atoms with Crippen LogP contribution in [-0.2, 0) is 4.74 Å². The summed E-state index contributed by atoms with van der Waals surface area (Å²) >= 11 is 0. The van der Waals surface area contributed by atoms with Gasteiger partial charge in [0.15, 0.2) is 0 Å². The third kappa shape index (κ3) is 2.18. The monoisotopic (exact) mass is 247 g/mol. The van der Waals surface area contributed by atoms with Crippen molar-refractivity contribution in [1.82, 2.24) is 10.3 Å². The number of nitrogens with two attached hydrogens (primary N) is 1. The lowest BCUT2D eigenvalue weighted by atomic mass is 10.1. The molecule has 0 spiro atoms.